The molecule has 0 aliphatic carbocycles. The van der Waals surface area contributed by atoms with Crippen LogP contribution in [0.4, 0.5) is 5.82 Å². The lowest BCUT2D eigenvalue weighted by molar-refractivity contribution is 0.0949. The molecule has 0 atom stereocenters. The molecule has 0 saturated heterocycles. The van der Waals surface area contributed by atoms with Gasteiger partial charge < -0.3 is 14.7 Å². The summed E-state index contributed by atoms with van der Waals surface area (Å²) in [6, 6.07) is 9.34. The van der Waals surface area contributed by atoms with Crippen LogP contribution in [0, 0.1) is 0 Å². The van der Waals surface area contributed by atoms with Crippen LogP contribution in [0.25, 0.3) is 0 Å². The summed E-state index contributed by atoms with van der Waals surface area (Å²) in [5.41, 5.74) is 1.42. The Hall–Kier alpha value is -3.29. The Morgan fingerprint density at radius 1 is 1.22 bits per heavy atom. The normalized spacial score (nSPS) is 10.8. The van der Waals surface area contributed by atoms with E-state index in [1.165, 1.54) is 0 Å². The van der Waals surface area contributed by atoms with Crippen molar-refractivity contribution in [3.63, 3.8) is 0 Å². The predicted molar refractivity (Wildman–Crippen MR) is 100 cm³/mol. The highest BCUT2D eigenvalue weighted by Gasteiger charge is 2.12. The lowest BCUT2D eigenvalue weighted by Gasteiger charge is -2.17. The number of rotatable bonds is 7. The third-order valence-corrected chi connectivity index (χ3v) is 3.91. The van der Waals surface area contributed by atoms with Crippen molar-refractivity contribution in [2.45, 2.75) is 32.9 Å². The summed E-state index contributed by atoms with van der Waals surface area (Å²) in [6.45, 7) is 4.77. The second-order valence-electron chi connectivity index (χ2n) is 6.47. The van der Waals surface area contributed by atoms with E-state index < -0.39 is 0 Å². The van der Waals surface area contributed by atoms with Crippen LogP contribution in [0.1, 0.15) is 47.5 Å². The summed E-state index contributed by atoms with van der Waals surface area (Å²) < 4.78 is 5.12. The molecule has 1 N–H and O–H groups in total. The molecule has 1 amide bonds. The van der Waals surface area contributed by atoms with E-state index in [1.54, 1.807) is 18.5 Å². The van der Waals surface area contributed by atoms with Crippen LogP contribution in [-0.4, -0.2) is 33.1 Å². The molecule has 0 aromatic carbocycles. The number of carbonyl (C=O) groups excluding carboxylic acids is 1. The van der Waals surface area contributed by atoms with Gasteiger partial charge in [0, 0.05) is 25.4 Å². The quantitative estimate of drug-likeness (QED) is 0.686. The van der Waals surface area contributed by atoms with Crippen molar-refractivity contribution in [1.29, 1.82) is 0 Å². The Bertz CT molecular complexity index is 877. The van der Waals surface area contributed by atoms with Crippen molar-refractivity contribution in [2.24, 2.45) is 0 Å². The first-order chi connectivity index (χ1) is 13.0. The zero-order valence-corrected chi connectivity index (χ0v) is 15.6. The third kappa shape index (κ3) is 4.87. The van der Waals surface area contributed by atoms with E-state index in [9.17, 15) is 4.79 Å². The number of nitrogens with zero attached hydrogens (tertiary/aromatic N) is 5. The standard InChI is InChI=1S/C19H22N6O2/c1-13(2)19-23-16(24-27-19)11-22-18(26)14-7-8-17(21-10-14)25(3)12-15-6-4-5-9-20-15/h4-10,13H,11-12H2,1-3H3,(H,22,26). The van der Waals surface area contributed by atoms with Crippen LogP contribution >= 0.6 is 0 Å². The minimum Gasteiger partial charge on any atom is -0.354 e. The fourth-order valence-electron chi connectivity index (χ4n) is 2.40. The van der Waals surface area contributed by atoms with E-state index in [0.29, 0.717) is 23.8 Å². The number of amides is 1. The zero-order chi connectivity index (χ0) is 19.2. The van der Waals surface area contributed by atoms with Gasteiger partial charge in [0.05, 0.1) is 24.3 Å². The van der Waals surface area contributed by atoms with E-state index in [2.05, 4.69) is 25.4 Å². The molecule has 3 rings (SSSR count). The Labute approximate surface area is 157 Å². The van der Waals surface area contributed by atoms with Crippen LogP contribution in [0.5, 0.6) is 0 Å². The van der Waals surface area contributed by atoms with Crippen molar-refractivity contribution < 1.29 is 9.32 Å². The van der Waals surface area contributed by atoms with Crippen LogP contribution in [-0.2, 0) is 13.1 Å². The fraction of sp³-hybridized carbons (Fsp3) is 0.316. The second kappa shape index (κ2) is 8.39. The SMILES string of the molecule is CC(C)c1nc(CNC(=O)c2ccc(N(C)Cc3ccccn3)nc2)no1. The van der Waals surface area contributed by atoms with Gasteiger partial charge in [0.2, 0.25) is 5.89 Å². The average molecular weight is 366 g/mol. The van der Waals surface area contributed by atoms with E-state index >= 15 is 0 Å². The third-order valence-electron chi connectivity index (χ3n) is 3.91. The first-order valence-corrected chi connectivity index (χ1v) is 8.70. The summed E-state index contributed by atoms with van der Waals surface area (Å²) in [5, 5.41) is 6.62. The number of hydrogen-bond acceptors (Lipinski definition) is 7. The summed E-state index contributed by atoms with van der Waals surface area (Å²) in [4.78, 5) is 27.1. The first kappa shape index (κ1) is 18.5. The van der Waals surface area contributed by atoms with Crippen LogP contribution < -0.4 is 10.2 Å². The van der Waals surface area contributed by atoms with E-state index in [0.717, 1.165) is 11.5 Å². The smallest absolute Gasteiger partial charge is 0.253 e. The fourth-order valence-corrected chi connectivity index (χ4v) is 2.40. The van der Waals surface area contributed by atoms with Gasteiger partial charge in [0.15, 0.2) is 5.82 Å². The van der Waals surface area contributed by atoms with Crippen molar-refractivity contribution in [2.75, 3.05) is 11.9 Å². The molecule has 140 valence electrons. The molecule has 3 heterocycles. The van der Waals surface area contributed by atoms with Gasteiger partial charge in [0.25, 0.3) is 5.91 Å². The van der Waals surface area contributed by atoms with E-state index in [1.807, 2.05) is 50.1 Å². The molecule has 27 heavy (non-hydrogen) atoms. The molecule has 0 bridgehead atoms. The minimum absolute atomic E-state index is 0.154. The number of pyridine rings is 2. The zero-order valence-electron chi connectivity index (χ0n) is 15.6. The largest absolute Gasteiger partial charge is 0.354 e. The van der Waals surface area contributed by atoms with Gasteiger partial charge in [-0.15, -0.1) is 0 Å². The maximum atomic E-state index is 12.3. The highest BCUT2D eigenvalue weighted by Crippen LogP contribution is 2.13. The maximum Gasteiger partial charge on any atom is 0.253 e. The van der Waals surface area contributed by atoms with Gasteiger partial charge in [-0.25, -0.2) is 4.98 Å². The second-order valence-corrected chi connectivity index (χ2v) is 6.47. The minimum atomic E-state index is -0.239. The van der Waals surface area contributed by atoms with Gasteiger partial charge in [-0.1, -0.05) is 25.1 Å². The number of hydrogen-bond donors (Lipinski definition) is 1. The van der Waals surface area contributed by atoms with Gasteiger partial charge in [0.1, 0.15) is 5.82 Å². The Morgan fingerprint density at radius 2 is 2.07 bits per heavy atom. The lowest BCUT2D eigenvalue weighted by atomic mass is 10.2. The number of aromatic nitrogens is 4. The molecule has 0 fully saturated rings. The molecule has 0 saturated carbocycles. The molecular formula is C19H22N6O2. The predicted octanol–water partition coefficient (Wildman–Crippen LogP) is 2.55. The monoisotopic (exact) mass is 366 g/mol. The average Bonchev–Trinajstić information content (AvgIpc) is 3.16. The molecule has 0 radical (unpaired) electrons. The first-order valence-electron chi connectivity index (χ1n) is 8.70. The van der Waals surface area contributed by atoms with E-state index in [4.69, 9.17) is 4.52 Å². The van der Waals surface area contributed by atoms with Gasteiger partial charge in [-0.2, -0.15) is 4.98 Å². The van der Waals surface area contributed by atoms with Crippen molar-refractivity contribution >= 4 is 11.7 Å². The molecule has 3 aromatic rings. The summed E-state index contributed by atoms with van der Waals surface area (Å²) in [6.07, 6.45) is 3.31. The summed E-state index contributed by atoms with van der Waals surface area (Å²) in [5.74, 6) is 1.68. The van der Waals surface area contributed by atoms with Crippen molar-refractivity contribution in [1.82, 2.24) is 25.4 Å². The van der Waals surface area contributed by atoms with Gasteiger partial charge in [-0.3, -0.25) is 9.78 Å². The summed E-state index contributed by atoms with van der Waals surface area (Å²) >= 11 is 0. The molecule has 0 aliphatic rings. The highest BCUT2D eigenvalue weighted by atomic mass is 16.5. The molecular weight excluding hydrogens is 344 g/mol. The van der Waals surface area contributed by atoms with E-state index in [-0.39, 0.29) is 18.4 Å². The highest BCUT2D eigenvalue weighted by molar-refractivity contribution is 5.93. The molecule has 0 unspecified atom stereocenters. The number of anilines is 1. The lowest BCUT2D eigenvalue weighted by Crippen LogP contribution is -2.24. The molecule has 8 nitrogen and oxygen atoms in total. The van der Waals surface area contributed by atoms with Crippen LogP contribution in [0.2, 0.25) is 0 Å². The number of carbonyl (C=O) groups is 1. The molecule has 0 spiro atoms. The Morgan fingerprint density at radius 3 is 2.70 bits per heavy atom. The van der Waals surface area contributed by atoms with Crippen molar-refractivity contribution in [3.8, 4) is 0 Å². The van der Waals surface area contributed by atoms with Crippen LogP contribution in [0.15, 0.2) is 47.2 Å². The number of nitrogens with one attached hydrogen (secondary N) is 1. The Balaban J connectivity index is 1.56. The van der Waals surface area contributed by atoms with Crippen molar-refractivity contribution in [3.05, 3.63) is 65.7 Å². The van der Waals surface area contributed by atoms with Gasteiger partial charge in [-0.05, 0) is 24.3 Å². The molecule has 0 aliphatic heterocycles. The molecule has 3 aromatic heterocycles. The van der Waals surface area contributed by atoms with Gasteiger partial charge >= 0.3 is 0 Å². The summed E-state index contributed by atoms with van der Waals surface area (Å²) in [7, 11) is 1.93. The topological polar surface area (TPSA) is 97.0 Å². The maximum absolute atomic E-state index is 12.3. The Kier molecular flexibility index (Phi) is 5.75. The molecule has 8 heteroatoms. The van der Waals surface area contributed by atoms with Crippen LogP contribution in [0.3, 0.4) is 0 Å².